The molecule has 4 aliphatic rings. The van der Waals surface area contributed by atoms with Gasteiger partial charge in [-0.1, -0.05) is 32.9 Å². The summed E-state index contributed by atoms with van der Waals surface area (Å²) in [7, 11) is 4.62. The van der Waals surface area contributed by atoms with Crippen molar-refractivity contribution in [2.45, 2.75) is 90.5 Å². The number of methoxy groups -OCH3 is 2. The molecule has 2 aromatic carbocycles. The Morgan fingerprint density at radius 2 is 1.78 bits per heavy atom. The summed E-state index contributed by atoms with van der Waals surface area (Å²) in [5.41, 5.74) is -0.412. The first-order valence-electron chi connectivity index (χ1n) is 19.0. The van der Waals surface area contributed by atoms with Crippen LogP contribution in [-0.4, -0.2) is 117 Å². The van der Waals surface area contributed by atoms with Crippen LogP contribution in [0.15, 0.2) is 18.2 Å². The van der Waals surface area contributed by atoms with Gasteiger partial charge in [0.25, 0.3) is 0 Å². The molecule has 55 heavy (non-hydrogen) atoms. The standard InChI is InChI=1S/C40H53N3O12/c1-19(2)20(3)39(49)43(5)15-13-41-37(48)22-17-24-30(36(47)32-31(34(24)45)33(44)23-9-8-10-26(50-6)29(23)35(32)46)27(18-22)54-28-12-11-25(21(4)53-28)55-38-40(51-7)52-16-14-42-38/h8-10,19-22,25,27-28,38,40,42,45,47H,11-18H2,1-7H3,(H,41,48)/t20-,21+,22?,25+,27+,28+,38-,40+/m1/s1. The highest BCUT2D eigenvalue weighted by atomic mass is 16.7. The van der Waals surface area contributed by atoms with E-state index in [-0.39, 0.29) is 94.8 Å². The number of rotatable bonds is 12. The molecule has 15 heteroatoms. The highest BCUT2D eigenvalue weighted by Crippen LogP contribution is 2.51. The summed E-state index contributed by atoms with van der Waals surface area (Å²) in [6.07, 6.45) is -2.72. The van der Waals surface area contributed by atoms with Crippen LogP contribution in [0.25, 0.3) is 0 Å². The number of hydrogen-bond acceptors (Lipinski definition) is 13. The molecule has 2 amide bonds. The van der Waals surface area contributed by atoms with E-state index in [1.807, 2.05) is 27.7 Å². The number of nitrogens with one attached hydrogen (secondary N) is 2. The SMILES string of the molecule is COc1cccc2c1C(=O)c1c(O)c3c(c(O)c1C2=O)CC(C(=O)NCCN(C)C(=O)[C@H](C)C(C)C)C[C@@H]3O[C@H]1CC[C@H](O[C@H]2NCCO[C@@H]2OC)[C@H](C)O1. The van der Waals surface area contributed by atoms with Gasteiger partial charge in [0.05, 0.1) is 48.7 Å². The number of aromatic hydroxyl groups is 2. The molecule has 0 spiro atoms. The van der Waals surface area contributed by atoms with Crippen LogP contribution >= 0.6 is 0 Å². The third kappa shape index (κ3) is 7.96. The maximum absolute atomic E-state index is 14.1. The molecule has 0 radical (unpaired) electrons. The molecule has 2 aliphatic carbocycles. The van der Waals surface area contributed by atoms with Crippen LogP contribution in [0.2, 0.25) is 0 Å². The Morgan fingerprint density at radius 1 is 1.04 bits per heavy atom. The monoisotopic (exact) mass is 767 g/mol. The lowest BCUT2D eigenvalue weighted by atomic mass is 9.74. The van der Waals surface area contributed by atoms with Gasteiger partial charge in [-0.05, 0) is 38.2 Å². The van der Waals surface area contributed by atoms with Gasteiger partial charge in [-0.25, -0.2) is 0 Å². The Bertz CT molecular complexity index is 1800. The Hall–Kier alpha value is -4.12. The second kappa shape index (κ2) is 16.9. The molecule has 2 fully saturated rings. The van der Waals surface area contributed by atoms with Gasteiger partial charge in [0.15, 0.2) is 24.6 Å². The van der Waals surface area contributed by atoms with Crippen molar-refractivity contribution in [2.24, 2.45) is 17.8 Å². The van der Waals surface area contributed by atoms with E-state index in [1.165, 1.54) is 13.2 Å². The van der Waals surface area contributed by atoms with Crippen LogP contribution in [0.1, 0.15) is 96.0 Å². The smallest absolute Gasteiger partial charge is 0.225 e. The molecule has 6 rings (SSSR count). The normalized spacial score (nSPS) is 26.8. The van der Waals surface area contributed by atoms with Crippen LogP contribution in [-0.2, 0) is 39.7 Å². The minimum atomic E-state index is -1.02. The van der Waals surface area contributed by atoms with E-state index in [9.17, 15) is 29.4 Å². The molecule has 4 N–H and O–H groups in total. The fraction of sp³-hybridized carbons (Fsp3) is 0.600. The number of hydrogen-bond donors (Lipinski definition) is 4. The summed E-state index contributed by atoms with van der Waals surface area (Å²) in [5.74, 6) is -3.33. The number of fused-ring (bicyclic) bond motifs is 3. The van der Waals surface area contributed by atoms with E-state index in [4.69, 9.17) is 28.4 Å². The first-order valence-corrected chi connectivity index (χ1v) is 19.0. The summed E-state index contributed by atoms with van der Waals surface area (Å²) in [5, 5.41) is 29.9. The maximum atomic E-state index is 14.1. The number of phenolic OH excluding ortho intramolecular Hbond substituents is 2. The number of ketones is 2. The van der Waals surface area contributed by atoms with E-state index in [1.54, 1.807) is 31.2 Å². The zero-order valence-corrected chi connectivity index (χ0v) is 32.5. The Kier molecular flexibility index (Phi) is 12.5. The third-order valence-electron chi connectivity index (χ3n) is 11.3. The van der Waals surface area contributed by atoms with Crippen molar-refractivity contribution in [3.05, 3.63) is 51.6 Å². The summed E-state index contributed by atoms with van der Waals surface area (Å²) < 4.78 is 35.6. The number of nitrogens with zero attached hydrogens (tertiary/aromatic N) is 1. The second-order valence-electron chi connectivity index (χ2n) is 15.1. The number of morpholine rings is 1. The summed E-state index contributed by atoms with van der Waals surface area (Å²) in [6.45, 7) is 9.26. The number of likely N-dealkylation sites (N-methyl/N-ethyl adjacent to an activating group) is 1. The molecule has 2 saturated heterocycles. The lowest BCUT2D eigenvalue weighted by molar-refractivity contribution is -0.280. The van der Waals surface area contributed by atoms with Gasteiger partial charge in [-0.3, -0.25) is 24.5 Å². The molecule has 0 bridgehead atoms. The lowest BCUT2D eigenvalue weighted by Crippen LogP contribution is -2.54. The fourth-order valence-electron chi connectivity index (χ4n) is 7.88. The van der Waals surface area contributed by atoms with Crippen LogP contribution in [0.5, 0.6) is 17.2 Å². The molecule has 2 aliphatic heterocycles. The van der Waals surface area contributed by atoms with Gasteiger partial charge >= 0.3 is 0 Å². The topological polar surface area (TPSA) is 191 Å². The van der Waals surface area contributed by atoms with Crippen molar-refractivity contribution >= 4 is 23.4 Å². The third-order valence-corrected chi connectivity index (χ3v) is 11.3. The van der Waals surface area contributed by atoms with Crippen LogP contribution in [0.3, 0.4) is 0 Å². The van der Waals surface area contributed by atoms with Crippen molar-refractivity contribution in [1.29, 1.82) is 0 Å². The largest absolute Gasteiger partial charge is 0.507 e. The number of ether oxygens (including phenoxy) is 6. The Labute approximate surface area is 320 Å². The highest BCUT2D eigenvalue weighted by Gasteiger charge is 2.45. The first kappa shape index (κ1) is 40.5. The molecule has 15 nitrogen and oxygen atoms in total. The number of carbonyl (C=O) groups excluding carboxylic acids is 4. The molecule has 0 saturated carbocycles. The number of amides is 2. The number of carbonyl (C=O) groups is 4. The first-order chi connectivity index (χ1) is 26.3. The van der Waals surface area contributed by atoms with E-state index in [2.05, 4.69) is 10.6 Å². The molecule has 300 valence electrons. The van der Waals surface area contributed by atoms with Gasteiger partial charge in [-0.2, -0.15) is 0 Å². The van der Waals surface area contributed by atoms with Crippen molar-refractivity contribution in [1.82, 2.24) is 15.5 Å². The van der Waals surface area contributed by atoms with Crippen LogP contribution < -0.4 is 15.4 Å². The molecular weight excluding hydrogens is 714 g/mol. The average Bonchev–Trinajstić information content (AvgIpc) is 3.18. The van der Waals surface area contributed by atoms with Gasteiger partial charge in [0, 0.05) is 68.7 Å². The van der Waals surface area contributed by atoms with Crippen molar-refractivity contribution in [3.8, 4) is 17.2 Å². The molecule has 2 heterocycles. The minimum Gasteiger partial charge on any atom is -0.507 e. The van der Waals surface area contributed by atoms with Gasteiger partial charge < -0.3 is 48.9 Å². The molecule has 1 unspecified atom stereocenters. The summed E-state index contributed by atoms with van der Waals surface area (Å²) in [6, 6.07) is 4.58. The predicted octanol–water partition coefficient (Wildman–Crippen LogP) is 3.20. The lowest BCUT2D eigenvalue weighted by Gasteiger charge is -2.41. The molecule has 8 atom stereocenters. The summed E-state index contributed by atoms with van der Waals surface area (Å²) in [4.78, 5) is 56.2. The van der Waals surface area contributed by atoms with E-state index in [0.29, 0.717) is 26.0 Å². The van der Waals surface area contributed by atoms with Gasteiger partial charge in [-0.15, -0.1) is 0 Å². The summed E-state index contributed by atoms with van der Waals surface area (Å²) >= 11 is 0. The van der Waals surface area contributed by atoms with E-state index >= 15 is 0 Å². The number of benzene rings is 2. The molecule has 2 aromatic rings. The Balaban J connectivity index is 1.27. The predicted molar refractivity (Wildman–Crippen MR) is 197 cm³/mol. The second-order valence-corrected chi connectivity index (χ2v) is 15.1. The quantitative estimate of drug-likeness (QED) is 0.197. The van der Waals surface area contributed by atoms with E-state index < -0.39 is 60.0 Å². The van der Waals surface area contributed by atoms with Crippen LogP contribution in [0, 0.1) is 17.8 Å². The van der Waals surface area contributed by atoms with E-state index in [0.717, 1.165) is 0 Å². The fourth-order valence-corrected chi connectivity index (χ4v) is 7.88. The van der Waals surface area contributed by atoms with Gasteiger partial charge in [0.2, 0.25) is 17.6 Å². The molecule has 0 aromatic heterocycles. The van der Waals surface area contributed by atoms with Crippen LogP contribution in [0.4, 0.5) is 0 Å². The van der Waals surface area contributed by atoms with Gasteiger partial charge in [0.1, 0.15) is 17.2 Å². The Morgan fingerprint density at radius 3 is 2.47 bits per heavy atom. The van der Waals surface area contributed by atoms with Crippen molar-refractivity contribution < 1.29 is 57.8 Å². The highest BCUT2D eigenvalue weighted by molar-refractivity contribution is 6.31. The zero-order valence-electron chi connectivity index (χ0n) is 32.5. The number of phenols is 2. The molecular formula is C40H53N3O12. The maximum Gasteiger partial charge on any atom is 0.225 e. The average molecular weight is 768 g/mol. The zero-order chi connectivity index (χ0) is 39.7. The minimum absolute atomic E-state index is 0.0158. The van der Waals surface area contributed by atoms with Crippen molar-refractivity contribution in [2.75, 3.05) is 47.5 Å². The van der Waals surface area contributed by atoms with Crippen molar-refractivity contribution in [3.63, 3.8) is 0 Å².